The highest BCUT2D eigenvalue weighted by atomic mass is 16.2. The van der Waals surface area contributed by atoms with Crippen LogP contribution in [0.15, 0.2) is 12.3 Å². The Balaban J connectivity index is 1.76. The van der Waals surface area contributed by atoms with E-state index in [0.717, 1.165) is 36.6 Å². The molecule has 1 aliphatic rings. The fraction of sp³-hybridized carbons (Fsp3) is 0.632. The Labute approximate surface area is 149 Å². The van der Waals surface area contributed by atoms with Gasteiger partial charge in [0.05, 0.1) is 11.2 Å². The lowest BCUT2D eigenvalue weighted by atomic mass is 10.1. The zero-order chi connectivity index (χ0) is 18.4. The first-order chi connectivity index (χ1) is 11.6. The summed E-state index contributed by atoms with van der Waals surface area (Å²) in [4.78, 5) is 17.3. The molecule has 0 aromatic carbocycles. The van der Waals surface area contributed by atoms with Crippen molar-refractivity contribution in [1.29, 1.82) is 0 Å². The number of amides is 1. The SMILES string of the molecule is Cc1cn2c(n1)CC[C@@H](NC(=O)c1cc(C(C)C)n(C(C)(C)C)n1)C2. The molecule has 0 saturated heterocycles. The number of hydrogen-bond acceptors (Lipinski definition) is 3. The Morgan fingerprint density at radius 2 is 2.08 bits per heavy atom. The Morgan fingerprint density at radius 3 is 2.68 bits per heavy atom. The van der Waals surface area contributed by atoms with Crippen molar-refractivity contribution in [2.24, 2.45) is 0 Å². The van der Waals surface area contributed by atoms with E-state index in [1.807, 2.05) is 17.7 Å². The van der Waals surface area contributed by atoms with Gasteiger partial charge in [0, 0.05) is 30.9 Å². The summed E-state index contributed by atoms with van der Waals surface area (Å²) in [6, 6.07) is 2.05. The van der Waals surface area contributed by atoms with Gasteiger partial charge in [0.15, 0.2) is 0 Å². The van der Waals surface area contributed by atoms with Crippen molar-refractivity contribution in [3.8, 4) is 0 Å². The second-order valence-electron chi connectivity index (χ2n) is 8.35. The maximum atomic E-state index is 12.7. The van der Waals surface area contributed by atoms with Crippen molar-refractivity contribution < 1.29 is 4.79 Å². The van der Waals surface area contributed by atoms with Crippen LogP contribution in [0.5, 0.6) is 0 Å². The molecule has 25 heavy (non-hydrogen) atoms. The summed E-state index contributed by atoms with van der Waals surface area (Å²) >= 11 is 0. The van der Waals surface area contributed by atoms with Crippen molar-refractivity contribution in [3.05, 3.63) is 35.2 Å². The first kappa shape index (κ1) is 17.7. The molecular formula is C19H29N5O. The van der Waals surface area contributed by atoms with E-state index in [9.17, 15) is 4.79 Å². The molecule has 0 radical (unpaired) electrons. The molecule has 0 saturated carbocycles. The van der Waals surface area contributed by atoms with E-state index in [4.69, 9.17) is 0 Å². The van der Waals surface area contributed by atoms with E-state index in [-0.39, 0.29) is 17.5 Å². The molecule has 1 amide bonds. The number of hydrogen-bond donors (Lipinski definition) is 1. The molecule has 1 N–H and O–H groups in total. The average Bonchev–Trinajstić information content (AvgIpc) is 3.09. The number of carbonyl (C=O) groups excluding carboxylic acids is 1. The van der Waals surface area contributed by atoms with E-state index in [0.29, 0.717) is 11.6 Å². The van der Waals surface area contributed by atoms with Crippen LogP contribution >= 0.6 is 0 Å². The fourth-order valence-electron chi connectivity index (χ4n) is 3.42. The van der Waals surface area contributed by atoms with Gasteiger partial charge in [-0.25, -0.2) is 4.98 Å². The summed E-state index contributed by atoms with van der Waals surface area (Å²) in [5.41, 5.74) is 2.49. The average molecular weight is 343 g/mol. The highest BCUT2D eigenvalue weighted by molar-refractivity contribution is 5.92. The van der Waals surface area contributed by atoms with Gasteiger partial charge in [-0.3, -0.25) is 9.48 Å². The van der Waals surface area contributed by atoms with Crippen LogP contribution in [0.2, 0.25) is 0 Å². The number of rotatable bonds is 3. The third-order valence-corrected chi connectivity index (χ3v) is 4.64. The molecule has 0 spiro atoms. The number of aromatic nitrogens is 4. The quantitative estimate of drug-likeness (QED) is 0.932. The molecule has 0 aliphatic carbocycles. The summed E-state index contributed by atoms with van der Waals surface area (Å²) in [6.45, 7) is 13.4. The van der Waals surface area contributed by atoms with Gasteiger partial charge < -0.3 is 9.88 Å². The van der Waals surface area contributed by atoms with Crippen LogP contribution in [0.25, 0.3) is 0 Å². The van der Waals surface area contributed by atoms with Crippen molar-refractivity contribution in [2.45, 2.75) is 78.4 Å². The number of fused-ring (bicyclic) bond motifs is 1. The van der Waals surface area contributed by atoms with Crippen LogP contribution in [-0.2, 0) is 18.5 Å². The molecule has 2 aromatic heterocycles. The lowest BCUT2D eigenvalue weighted by molar-refractivity contribution is 0.0921. The molecule has 0 bridgehead atoms. The van der Waals surface area contributed by atoms with Crippen LogP contribution in [-0.4, -0.2) is 31.3 Å². The van der Waals surface area contributed by atoms with Gasteiger partial charge in [0.1, 0.15) is 11.5 Å². The zero-order valence-corrected chi connectivity index (χ0v) is 16.1. The zero-order valence-electron chi connectivity index (χ0n) is 16.1. The minimum atomic E-state index is -0.147. The highest BCUT2D eigenvalue weighted by Crippen LogP contribution is 2.24. The normalized spacial score (nSPS) is 17.6. The van der Waals surface area contributed by atoms with Crippen molar-refractivity contribution in [2.75, 3.05) is 0 Å². The lowest BCUT2D eigenvalue weighted by Crippen LogP contribution is -2.41. The van der Waals surface area contributed by atoms with Crippen LogP contribution in [0.3, 0.4) is 0 Å². The van der Waals surface area contributed by atoms with Gasteiger partial charge in [-0.1, -0.05) is 13.8 Å². The van der Waals surface area contributed by atoms with Gasteiger partial charge in [-0.2, -0.15) is 5.10 Å². The summed E-state index contributed by atoms with van der Waals surface area (Å²) in [7, 11) is 0. The summed E-state index contributed by atoms with van der Waals surface area (Å²) in [5, 5.41) is 7.75. The Hall–Kier alpha value is -2.11. The molecule has 6 heteroatoms. The Bertz CT molecular complexity index is 778. The van der Waals surface area contributed by atoms with E-state index in [1.54, 1.807) is 0 Å². The van der Waals surface area contributed by atoms with Crippen molar-refractivity contribution in [1.82, 2.24) is 24.6 Å². The molecule has 0 unspecified atom stereocenters. The molecule has 6 nitrogen and oxygen atoms in total. The minimum Gasteiger partial charge on any atom is -0.346 e. The number of nitrogens with one attached hydrogen (secondary N) is 1. The molecule has 1 atom stereocenters. The number of imidazole rings is 1. The molecule has 3 rings (SSSR count). The van der Waals surface area contributed by atoms with E-state index >= 15 is 0 Å². The molecule has 136 valence electrons. The van der Waals surface area contributed by atoms with Crippen LogP contribution < -0.4 is 5.32 Å². The largest absolute Gasteiger partial charge is 0.346 e. The number of carbonyl (C=O) groups is 1. The van der Waals surface area contributed by atoms with Gasteiger partial charge in [-0.15, -0.1) is 0 Å². The third kappa shape index (κ3) is 3.62. The maximum Gasteiger partial charge on any atom is 0.272 e. The standard InChI is InChI=1S/C19H29N5O/c1-12(2)16-9-15(22-24(16)19(4,5)6)18(25)21-14-7-8-17-20-13(3)10-23(17)11-14/h9-10,12,14H,7-8,11H2,1-6H3,(H,21,25)/t14-/m1/s1. The predicted molar refractivity (Wildman–Crippen MR) is 97.9 cm³/mol. The van der Waals surface area contributed by atoms with E-state index < -0.39 is 0 Å². The van der Waals surface area contributed by atoms with Gasteiger partial charge in [0.2, 0.25) is 0 Å². The van der Waals surface area contributed by atoms with Gasteiger partial charge in [0.25, 0.3) is 5.91 Å². The molecule has 2 aromatic rings. The minimum absolute atomic E-state index is 0.0878. The predicted octanol–water partition coefficient (Wildman–Crippen LogP) is 3.01. The second kappa shape index (κ2) is 6.32. The summed E-state index contributed by atoms with van der Waals surface area (Å²) < 4.78 is 4.13. The lowest BCUT2D eigenvalue weighted by Gasteiger charge is -2.24. The van der Waals surface area contributed by atoms with Gasteiger partial charge in [-0.05, 0) is 46.1 Å². The van der Waals surface area contributed by atoms with Crippen LogP contribution in [0.1, 0.15) is 74.7 Å². The smallest absolute Gasteiger partial charge is 0.272 e. The van der Waals surface area contributed by atoms with Crippen LogP contribution in [0, 0.1) is 6.92 Å². The molecule has 1 aliphatic heterocycles. The third-order valence-electron chi connectivity index (χ3n) is 4.64. The molecule has 3 heterocycles. The van der Waals surface area contributed by atoms with Crippen molar-refractivity contribution in [3.63, 3.8) is 0 Å². The summed E-state index contributed by atoms with van der Waals surface area (Å²) in [6.07, 6.45) is 3.87. The molecule has 0 fully saturated rings. The number of aryl methyl sites for hydroxylation is 2. The summed E-state index contributed by atoms with van der Waals surface area (Å²) in [5.74, 6) is 1.34. The van der Waals surface area contributed by atoms with Crippen LogP contribution in [0.4, 0.5) is 0 Å². The van der Waals surface area contributed by atoms with E-state index in [2.05, 4.69) is 60.8 Å². The maximum absolute atomic E-state index is 12.7. The fourth-order valence-corrected chi connectivity index (χ4v) is 3.42. The first-order valence-corrected chi connectivity index (χ1v) is 9.09. The number of nitrogens with zero attached hydrogens (tertiary/aromatic N) is 4. The van der Waals surface area contributed by atoms with Crippen molar-refractivity contribution >= 4 is 5.91 Å². The highest BCUT2D eigenvalue weighted by Gasteiger charge is 2.26. The molecular weight excluding hydrogens is 314 g/mol. The Kier molecular flexibility index (Phi) is 4.47. The topological polar surface area (TPSA) is 64.7 Å². The monoisotopic (exact) mass is 343 g/mol. The van der Waals surface area contributed by atoms with Gasteiger partial charge >= 0.3 is 0 Å². The first-order valence-electron chi connectivity index (χ1n) is 9.09. The van der Waals surface area contributed by atoms with E-state index in [1.165, 1.54) is 0 Å². The second-order valence-corrected chi connectivity index (χ2v) is 8.35. The Morgan fingerprint density at radius 1 is 1.36 bits per heavy atom.